The van der Waals surface area contributed by atoms with Gasteiger partial charge in [0.2, 0.25) is 5.95 Å². The van der Waals surface area contributed by atoms with E-state index in [9.17, 15) is 0 Å². The molecule has 3 aromatic carbocycles. The number of nitrogens with zero attached hydrogens (tertiary/aromatic N) is 3. The highest BCUT2D eigenvalue weighted by Gasteiger charge is 2.13. The molecule has 8 nitrogen and oxygen atoms in total. The fraction of sp³-hybridized carbons (Fsp3) is 0.333. The van der Waals surface area contributed by atoms with Crippen molar-refractivity contribution < 1.29 is 9.47 Å². The number of hydrogen-bond donors (Lipinski definition) is 3. The van der Waals surface area contributed by atoms with Crippen molar-refractivity contribution in [3.63, 3.8) is 0 Å². The summed E-state index contributed by atoms with van der Waals surface area (Å²) in [6.45, 7) is 3.21. The Morgan fingerprint density at radius 2 is 1.51 bits per heavy atom. The molecule has 0 amide bonds. The molecule has 0 aliphatic heterocycles. The maximum Gasteiger partial charge on any atom is 0.225 e. The van der Waals surface area contributed by atoms with Crippen LogP contribution in [0.15, 0.2) is 54.6 Å². The summed E-state index contributed by atoms with van der Waals surface area (Å²) in [5.41, 5.74) is 1.91. The second-order valence-electron chi connectivity index (χ2n) is 8.58. The molecule has 1 aromatic heterocycles. The molecule has 3 N–H and O–H groups in total. The van der Waals surface area contributed by atoms with Gasteiger partial charge in [0.1, 0.15) is 5.82 Å². The zero-order chi connectivity index (χ0) is 24.6. The van der Waals surface area contributed by atoms with Crippen LogP contribution < -0.4 is 25.4 Å². The molecule has 0 unspecified atom stereocenters. The number of hydrogen-bond acceptors (Lipinski definition) is 8. The van der Waals surface area contributed by atoms with Gasteiger partial charge in [-0.05, 0) is 44.6 Å². The van der Waals surface area contributed by atoms with Crippen molar-refractivity contribution in [2.45, 2.75) is 6.42 Å². The van der Waals surface area contributed by atoms with Crippen molar-refractivity contribution in [3.05, 3.63) is 54.6 Å². The summed E-state index contributed by atoms with van der Waals surface area (Å²) in [6, 6.07) is 18.5. The van der Waals surface area contributed by atoms with Crippen LogP contribution in [0.25, 0.3) is 21.7 Å². The Morgan fingerprint density at radius 1 is 0.771 bits per heavy atom. The lowest BCUT2D eigenvalue weighted by molar-refractivity contribution is 0.356. The third kappa shape index (κ3) is 6.02. The van der Waals surface area contributed by atoms with Crippen LogP contribution in [0.1, 0.15) is 6.42 Å². The average molecular weight is 475 g/mol. The van der Waals surface area contributed by atoms with Crippen molar-refractivity contribution in [3.8, 4) is 11.5 Å². The van der Waals surface area contributed by atoms with Gasteiger partial charge in [-0.15, -0.1) is 0 Å². The smallest absolute Gasteiger partial charge is 0.225 e. The van der Waals surface area contributed by atoms with Crippen molar-refractivity contribution in [2.75, 3.05) is 70.4 Å². The lowest BCUT2D eigenvalue weighted by atomic mass is 10.1. The normalized spacial score (nSPS) is 11.1. The van der Waals surface area contributed by atoms with Gasteiger partial charge in [0.05, 0.1) is 19.7 Å². The summed E-state index contributed by atoms with van der Waals surface area (Å²) in [7, 11) is 7.40. The first-order valence-corrected chi connectivity index (χ1v) is 11.9. The Balaban J connectivity index is 1.51. The van der Waals surface area contributed by atoms with E-state index in [2.05, 4.69) is 77.4 Å². The average Bonchev–Trinajstić information content (AvgIpc) is 2.88. The molecule has 0 aliphatic rings. The van der Waals surface area contributed by atoms with Crippen molar-refractivity contribution in [1.29, 1.82) is 0 Å². The molecule has 0 spiro atoms. The molecule has 4 aromatic rings. The highest BCUT2D eigenvalue weighted by atomic mass is 16.5. The molecule has 0 radical (unpaired) electrons. The maximum atomic E-state index is 5.51. The number of benzene rings is 3. The molecule has 0 saturated heterocycles. The van der Waals surface area contributed by atoms with Gasteiger partial charge in [-0.1, -0.05) is 36.4 Å². The van der Waals surface area contributed by atoms with E-state index in [0.29, 0.717) is 24.0 Å². The first-order chi connectivity index (χ1) is 17.1. The van der Waals surface area contributed by atoms with Gasteiger partial charge in [-0.3, -0.25) is 0 Å². The summed E-state index contributed by atoms with van der Waals surface area (Å²) in [5, 5.41) is 13.7. The van der Waals surface area contributed by atoms with E-state index in [1.807, 2.05) is 12.1 Å². The molecule has 0 atom stereocenters. The quantitative estimate of drug-likeness (QED) is 0.255. The number of ether oxygens (including phenoxy) is 2. The minimum Gasteiger partial charge on any atom is -0.493 e. The molecular formula is C27H34N6O2. The van der Waals surface area contributed by atoms with Crippen LogP contribution in [-0.4, -0.2) is 69.4 Å². The van der Waals surface area contributed by atoms with E-state index >= 15 is 0 Å². The Kier molecular flexibility index (Phi) is 8.05. The standard InChI is InChI=1S/C27H34N6O2/c1-33(2)16-8-13-30-27-31-23-18-25(35-4)24(34-3)17-21(23)26(32-27)29-15-14-28-22-12-7-10-19-9-5-6-11-20(19)22/h5-7,9-12,17-18,28H,8,13-16H2,1-4H3,(H2,29,30,31,32). The Labute approximate surface area is 206 Å². The second kappa shape index (κ2) is 11.6. The monoisotopic (exact) mass is 474 g/mol. The van der Waals surface area contributed by atoms with Gasteiger partial charge in [-0.25, -0.2) is 4.98 Å². The van der Waals surface area contributed by atoms with Crippen LogP contribution in [0.5, 0.6) is 11.5 Å². The number of aromatic nitrogens is 2. The summed E-state index contributed by atoms with van der Waals surface area (Å²) in [4.78, 5) is 11.7. The van der Waals surface area contributed by atoms with Gasteiger partial charge in [0.25, 0.3) is 0 Å². The van der Waals surface area contributed by atoms with Crippen molar-refractivity contribution in [1.82, 2.24) is 14.9 Å². The van der Waals surface area contributed by atoms with Crippen LogP contribution in [0.4, 0.5) is 17.5 Å². The van der Waals surface area contributed by atoms with Gasteiger partial charge in [0.15, 0.2) is 11.5 Å². The third-order valence-electron chi connectivity index (χ3n) is 5.79. The van der Waals surface area contributed by atoms with Gasteiger partial charge in [0, 0.05) is 42.2 Å². The van der Waals surface area contributed by atoms with E-state index in [-0.39, 0.29) is 0 Å². The van der Waals surface area contributed by atoms with E-state index < -0.39 is 0 Å². The Hall–Kier alpha value is -3.78. The highest BCUT2D eigenvalue weighted by Crippen LogP contribution is 2.34. The number of rotatable bonds is 12. The Morgan fingerprint density at radius 3 is 2.31 bits per heavy atom. The fourth-order valence-corrected chi connectivity index (χ4v) is 4.02. The van der Waals surface area contributed by atoms with E-state index in [0.717, 1.165) is 48.5 Å². The fourth-order valence-electron chi connectivity index (χ4n) is 4.02. The van der Waals surface area contributed by atoms with Crippen LogP contribution in [0, 0.1) is 0 Å². The first-order valence-electron chi connectivity index (χ1n) is 11.9. The highest BCUT2D eigenvalue weighted by molar-refractivity contribution is 5.94. The van der Waals surface area contributed by atoms with Gasteiger partial charge < -0.3 is 30.3 Å². The second-order valence-corrected chi connectivity index (χ2v) is 8.58. The minimum absolute atomic E-state index is 0.591. The molecule has 0 aliphatic carbocycles. The third-order valence-corrected chi connectivity index (χ3v) is 5.79. The van der Waals surface area contributed by atoms with Crippen LogP contribution in [0.3, 0.4) is 0 Å². The predicted octanol–water partition coefficient (Wildman–Crippen LogP) is 4.69. The van der Waals surface area contributed by atoms with E-state index in [4.69, 9.17) is 19.4 Å². The summed E-state index contributed by atoms with van der Waals surface area (Å²) >= 11 is 0. The molecule has 0 saturated carbocycles. The van der Waals surface area contributed by atoms with Crippen LogP contribution in [0.2, 0.25) is 0 Å². The van der Waals surface area contributed by atoms with Gasteiger partial charge in [-0.2, -0.15) is 4.98 Å². The molecular weight excluding hydrogens is 440 g/mol. The summed E-state index contributed by atoms with van der Waals surface area (Å²) in [5.74, 6) is 2.63. The first kappa shape index (κ1) is 24.3. The zero-order valence-corrected chi connectivity index (χ0v) is 20.9. The summed E-state index contributed by atoms with van der Waals surface area (Å²) < 4.78 is 11.0. The zero-order valence-electron chi connectivity index (χ0n) is 20.9. The summed E-state index contributed by atoms with van der Waals surface area (Å²) in [6.07, 6.45) is 0.998. The van der Waals surface area contributed by atoms with Crippen molar-refractivity contribution in [2.24, 2.45) is 0 Å². The lowest BCUT2D eigenvalue weighted by Gasteiger charge is -2.15. The van der Waals surface area contributed by atoms with Crippen LogP contribution >= 0.6 is 0 Å². The number of methoxy groups -OCH3 is 2. The Bertz CT molecular complexity index is 1270. The largest absolute Gasteiger partial charge is 0.493 e. The number of fused-ring (bicyclic) bond motifs is 2. The van der Waals surface area contributed by atoms with Crippen molar-refractivity contribution >= 4 is 39.1 Å². The molecule has 0 fully saturated rings. The number of anilines is 3. The predicted molar refractivity (Wildman–Crippen MR) is 145 cm³/mol. The van der Waals surface area contributed by atoms with E-state index in [1.165, 1.54) is 10.8 Å². The number of nitrogens with one attached hydrogen (secondary N) is 3. The molecule has 35 heavy (non-hydrogen) atoms. The van der Waals surface area contributed by atoms with Gasteiger partial charge >= 0.3 is 0 Å². The lowest BCUT2D eigenvalue weighted by Crippen LogP contribution is -2.18. The SMILES string of the molecule is COc1cc2nc(NCCCN(C)C)nc(NCCNc3cccc4ccccc34)c2cc1OC. The molecule has 8 heteroatoms. The molecule has 0 bridgehead atoms. The van der Waals surface area contributed by atoms with Crippen LogP contribution in [-0.2, 0) is 0 Å². The maximum absolute atomic E-state index is 5.51. The molecule has 184 valence electrons. The topological polar surface area (TPSA) is 83.6 Å². The van der Waals surface area contributed by atoms with E-state index in [1.54, 1.807) is 14.2 Å². The minimum atomic E-state index is 0.591. The molecule has 1 heterocycles. The molecule has 4 rings (SSSR count).